The van der Waals surface area contributed by atoms with Crippen LogP contribution in [-0.2, 0) is 21.2 Å². The summed E-state index contributed by atoms with van der Waals surface area (Å²) in [6, 6.07) is 26.1. The molecule has 0 bridgehead atoms. The number of carbonyl (C=O) groups excluding carboxylic acids is 1. The Hall–Kier alpha value is -5.03. The van der Waals surface area contributed by atoms with Gasteiger partial charge < -0.3 is 26.6 Å². The molecule has 0 fully saturated rings. The quantitative estimate of drug-likeness (QED) is 0.160. The second-order valence-corrected chi connectivity index (χ2v) is 13.0. The minimum absolute atomic E-state index is 0.0482. The number of carbonyl (C=O) groups is 1. The number of rotatable bonds is 11. The lowest BCUT2D eigenvalue weighted by atomic mass is 9.88. The highest BCUT2D eigenvalue weighted by molar-refractivity contribution is 7.93. The second-order valence-electron chi connectivity index (χ2n) is 11.2. The van der Waals surface area contributed by atoms with Crippen molar-refractivity contribution in [1.29, 1.82) is 0 Å². The molecule has 2 heterocycles. The molecule has 11 heteroatoms. The van der Waals surface area contributed by atoms with Gasteiger partial charge in [0.2, 0.25) is 5.91 Å². The fourth-order valence-electron chi connectivity index (χ4n) is 6.25. The van der Waals surface area contributed by atoms with Gasteiger partial charge in [0.1, 0.15) is 10.7 Å². The van der Waals surface area contributed by atoms with E-state index in [1.54, 1.807) is 33.3 Å². The van der Waals surface area contributed by atoms with E-state index in [9.17, 15) is 13.2 Å². The van der Waals surface area contributed by atoms with Crippen LogP contribution in [0.2, 0.25) is 0 Å². The molecule has 2 aliphatic rings. The summed E-state index contributed by atoms with van der Waals surface area (Å²) >= 11 is 0. The zero-order valence-electron chi connectivity index (χ0n) is 26.2. The van der Waals surface area contributed by atoms with Crippen molar-refractivity contribution in [2.45, 2.75) is 23.8 Å². The number of hydrogen-bond donors (Lipinski definition) is 5. The Morgan fingerprint density at radius 3 is 2.22 bits per heavy atom. The fourth-order valence-corrected chi connectivity index (χ4v) is 8.26. The maximum absolute atomic E-state index is 14.9. The lowest BCUT2D eigenvalue weighted by molar-refractivity contribution is -0.121. The first-order chi connectivity index (χ1) is 22.3. The van der Waals surface area contributed by atoms with E-state index in [0.29, 0.717) is 30.0 Å². The maximum atomic E-state index is 14.9. The van der Waals surface area contributed by atoms with E-state index in [0.717, 1.165) is 52.4 Å². The summed E-state index contributed by atoms with van der Waals surface area (Å²) in [7, 11) is 0.971. The van der Waals surface area contributed by atoms with Crippen molar-refractivity contribution >= 4 is 44.5 Å². The van der Waals surface area contributed by atoms with Gasteiger partial charge in [-0.1, -0.05) is 66.7 Å². The Balaban J connectivity index is 1.31. The van der Waals surface area contributed by atoms with Gasteiger partial charge in [0.05, 0.1) is 36.1 Å². The topological polar surface area (TPSA) is 127 Å². The smallest absolute Gasteiger partial charge is 0.269 e. The van der Waals surface area contributed by atoms with Gasteiger partial charge in [-0.2, -0.15) is 0 Å². The number of para-hydroxylation sites is 1. The van der Waals surface area contributed by atoms with Crippen LogP contribution in [0.1, 0.15) is 29.2 Å². The number of nitrogens with zero attached hydrogens (tertiary/aromatic N) is 2. The summed E-state index contributed by atoms with van der Waals surface area (Å²) in [5.74, 6) is 0.684. The van der Waals surface area contributed by atoms with E-state index < -0.39 is 16.1 Å². The van der Waals surface area contributed by atoms with Crippen molar-refractivity contribution in [2.75, 3.05) is 61.0 Å². The van der Waals surface area contributed by atoms with Crippen LogP contribution in [0.5, 0.6) is 0 Å². The summed E-state index contributed by atoms with van der Waals surface area (Å²) in [6.07, 6.45) is 0.597. The number of sulfonamides is 1. The maximum Gasteiger partial charge on any atom is 0.269 e. The molecule has 10 nitrogen and oxygen atoms in total. The van der Waals surface area contributed by atoms with E-state index in [-0.39, 0.29) is 17.2 Å². The molecule has 0 saturated heterocycles. The highest BCUT2D eigenvalue weighted by Gasteiger charge is 2.41. The fraction of sp³-hybridized carbons (Fsp3) is 0.257. The van der Waals surface area contributed by atoms with Gasteiger partial charge in [-0.05, 0) is 41.3 Å². The number of fused-ring (bicyclic) bond motifs is 3. The molecule has 1 atom stereocenters. The highest BCUT2D eigenvalue weighted by atomic mass is 32.2. The third-order valence-corrected chi connectivity index (χ3v) is 10.4. The highest BCUT2D eigenvalue weighted by Crippen LogP contribution is 2.50. The predicted molar refractivity (Wildman–Crippen MR) is 187 cm³/mol. The monoisotopic (exact) mass is 637 g/mol. The molecule has 1 amide bonds. The molecule has 238 valence electrons. The molecule has 4 aromatic carbocycles. The third kappa shape index (κ3) is 5.85. The number of amidine groups is 1. The second kappa shape index (κ2) is 13.1. The minimum Gasteiger partial charge on any atom is -0.388 e. The van der Waals surface area contributed by atoms with Gasteiger partial charge >= 0.3 is 0 Å². The lowest BCUT2D eigenvalue weighted by Crippen LogP contribution is -2.41. The zero-order chi connectivity index (χ0) is 32.3. The first-order valence-electron chi connectivity index (χ1n) is 15.4. The van der Waals surface area contributed by atoms with Crippen LogP contribution in [-0.4, -0.2) is 60.9 Å². The predicted octanol–water partition coefficient (Wildman–Crippen LogP) is 4.83. The molecular weight excluding hydrogens is 598 g/mol. The van der Waals surface area contributed by atoms with Crippen LogP contribution < -0.4 is 30.9 Å². The van der Waals surface area contributed by atoms with E-state index in [4.69, 9.17) is 0 Å². The Labute approximate surface area is 270 Å². The molecule has 0 aliphatic carbocycles. The van der Waals surface area contributed by atoms with Crippen molar-refractivity contribution in [2.24, 2.45) is 4.99 Å². The molecule has 5 N–H and O–H groups in total. The van der Waals surface area contributed by atoms with Crippen molar-refractivity contribution in [3.05, 3.63) is 102 Å². The lowest BCUT2D eigenvalue weighted by Gasteiger charge is -2.39. The Kier molecular flexibility index (Phi) is 8.85. The SMILES string of the molecule is CNc1cc(NC)c(S(=O)(=O)N2c3ccccc3-c3ccccc3C2CC(=O)NCCc2ccc(C3=NCCN3)cc2)c(NC)c1. The molecule has 0 saturated carbocycles. The Bertz CT molecular complexity index is 1870. The molecule has 6 rings (SSSR count). The van der Waals surface area contributed by atoms with Crippen molar-refractivity contribution in [3.63, 3.8) is 0 Å². The Morgan fingerprint density at radius 2 is 1.57 bits per heavy atom. The van der Waals surface area contributed by atoms with Crippen molar-refractivity contribution < 1.29 is 13.2 Å². The number of anilines is 4. The molecule has 0 radical (unpaired) electrons. The normalized spacial score (nSPS) is 15.2. The first kappa shape index (κ1) is 31.0. The first-order valence-corrected chi connectivity index (χ1v) is 16.9. The molecule has 4 aromatic rings. The van der Waals surface area contributed by atoms with Crippen molar-refractivity contribution in [1.82, 2.24) is 10.6 Å². The van der Waals surface area contributed by atoms with Gasteiger partial charge in [-0.3, -0.25) is 14.1 Å². The molecule has 2 aliphatic heterocycles. The summed E-state index contributed by atoms with van der Waals surface area (Å²) in [5.41, 5.74) is 6.80. The summed E-state index contributed by atoms with van der Waals surface area (Å²) in [4.78, 5) is 18.2. The van der Waals surface area contributed by atoms with Crippen LogP contribution in [0.3, 0.4) is 0 Å². The molecule has 46 heavy (non-hydrogen) atoms. The number of aliphatic imine (C=N–C) groups is 1. The minimum atomic E-state index is -4.21. The van der Waals surface area contributed by atoms with Crippen LogP contribution in [0, 0.1) is 0 Å². The zero-order valence-corrected chi connectivity index (χ0v) is 27.0. The van der Waals surface area contributed by atoms with Gasteiger partial charge in [0.25, 0.3) is 10.0 Å². The van der Waals surface area contributed by atoms with Gasteiger partial charge in [0.15, 0.2) is 0 Å². The molecule has 1 unspecified atom stereocenters. The van der Waals surface area contributed by atoms with Gasteiger partial charge in [0, 0.05) is 51.0 Å². The van der Waals surface area contributed by atoms with E-state index >= 15 is 0 Å². The number of nitrogens with one attached hydrogen (secondary N) is 5. The van der Waals surface area contributed by atoms with Crippen LogP contribution in [0.4, 0.5) is 22.7 Å². The average molecular weight is 638 g/mol. The van der Waals surface area contributed by atoms with Crippen LogP contribution in [0.15, 0.2) is 94.8 Å². The number of hydrogen-bond acceptors (Lipinski definition) is 8. The summed E-state index contributed by atoms with van der Waals surface area (Å²) in [6.45, 7) is 2.07. The largest absolute Gasteiger partial charge is 0.388 e. The van der Waals surface area contributed by atoms with E-state index in [1.807, 2.05) is 72.8 Å². The van der Waals surface area contributed by atoms with Crippen LogP contribution in [0.25, 0.3) is 11.1 Å². The number of benzene rings is 4. The van der Waals surface area contributed by atoms with Crippen molar-refractivity contribution in [3.8, 4) is 11.1 Å². The summed E-state index contributed by atoms with van der Waals surface area (Å²) in [5, 5.41) is 15.6. The van der Waals surface area contributed by atoms with Crippen LogP contribution >= 0.6 is 0 Å². The number of amides is 1. The molecular formula is C35H39N7O3S. The molecule has 0 spiro atoms. The summed E-state index contributed by atoms with van der Waals surface area (Å²) < 4.78 is 31.3. The average Bonchev–Trinajstić information content (AvgIpc) is 3.63. The van der Waals surface area contributed by atoms with E-state index in [2.05, 4.69) is 31.6 Å². The van der Waals surface area contributed by atoms with Gasteiger partial charge in [-0.25, -0.2) is 8.42 Å². The Morgan fingerprint density at radius 1 is 0.891 bits per heavy atom. The molecule has 0 aromatic heterocycles. The third-order valence-electron chi connectivity index (χ3n) is 8.48. The van der Waals surface area contributed by atoms with Gasteiger partial charge in [-0.15, -0.1) is 0 Å². The standard InChI is InChI=1S/C35H39N7O3S/c1-36-25-20-29(37-2)34(30(21-25)38-3)46(44,45)42-31-11-7-6-9-27(31)26-8-4-5-10-28(26)32(42)22-33(43)39-17-16-23-12-14-24(15-13-23)35-40-18-19-41-35/h4-15,20-21,32,36-38H,16-19,22H2,1-3H3,(H,39,43)(H,40,41). The van der Waals surface area contributed by atoms with E-state index in [1.165, 1.54) is 4.31 Å².